The van der Waals surface area contributed by atoms with E-state index in [9.17, 15) is 8.78 Å². The lowest BCUT2D eigenvalue weighted by Gasteiger charge is -2.23. The number of thiazole rings is 1. The normalized spacial score (nSPS) is 18.4. The molecule has 1 atom stereocenters. The van der Waals surface area contributed by atoms with Gasteiger partial charge in [-0.05, 0) is 11.6 Å². The maximum Gasteiger partial charge on any atom is 0.130 e. The molecule has 1 aliphatic rings. The van der Waals surface area contributed by atoms with Crippen LogP contribution in [0, 0.1) is 11.6 Å². The lowest BCUT2D eigenvalue weighted by atomic mass is 10.0. The van der Waals surface area contributed by atoms with E-state index in [1.807, 2.05) is 5.38 Å². The average Bonchev–Trinajstić information content (AvgIpc) is 3.02. The molecular formula is C14H15F2N3S. The second-order valence-electron chi connectivity index (χ2n) is 4.85. The lowest BCUT2D eigenvalue weighted by molar-refractivity contribution is 0.221. The second-order valence-corrected chi connectivity index (χ2v) is 5.83. The van der Waals surface area contributed by atoms with Crippen molar-refractivity contribution >= 4 is 11.3 Å². The van der Waals surface area contributed by atoms with Gasteiger partial charge in [-0.25, -0.2) is 13.8 Å². The van der Waals surface area contributed by atoms with Gasteiger partial charge in [-0.15, -0.1) is 11.3 Å². The van der Waals surface area contributed by atoms with Crippen LogP contribution in [-0.4, -0.2) is 23.0 Å². The Bertz CT molecular complexity index is 601. The molecule has 2 aromatic rings. The summed E-state index contributed by atoms with van der Waals surface area (Å²) in [6.07, 6.45) is 2.57. The summed E-state index contributed by atoms with van der Waals surface area (Å²) in [6, 6.07) is 2.23. The quantitative estimate of drug-likeness (QED) is 0.942. The summed E-state index contributed by atoms with van der Waals surface area (Å²) in [5.41, 5.74) is 7.04. The van der Waals surface area contributed by atoms with Gasteiger partial charge >= 0.3 is 0 Å². The van der Waals surface area contributed by atoms with Crippen LogP contribution in [-0.2, 0) is 13.0 Å². The fraction of sp³-hybridized carbons (Fsp3) is 0.357. The van der Waals surface area contributed by atoms with Gasteiger partial charge < -0.3 is 5.73 Å². The topological polar surface area (TPSA) is 42.1 Å². The van der Waals surface area contributed by atoms with Crippen LogP contribution in [0.1, 0.15) is 22.2 Å². The molecule has 1 unspecified atom stereocenters. The molecule has 0 spiro atoms. The van der Waals surface area contributed by atoms with E-state index in [-0.39, 0.29) is 6.04 Å². The van der Waals surface area contributed by atoms with Gasteiger partial charge in [0.1, 0.15) is 11.6 Å². The van der Waals surface area contributed by atoms with E-state index in [1.165, 1.54) is 6.07 Å². The SMILES string of the molecule is NCC1c2cc(F)cc(F)c2CN1CCc1nccs1. The highest BCUT2D eigenvalue weighted by molar-refractivity contribution is 7.09. The minimum Gasteiger partial charge on any atom is -0.329 e. The van der Waals surface area contributed by atoms with Crippen LogP contribution in [0.15, 0.2) is 23.7 Å². The zero-order chi connectivity index (χ0) is 14.1. The van der Waals surface area contributed by atoms with E-state index in [1.54, 1.807) is 17.5 Å². The number of halogens is 2. The van der Waals surface area contributed by atoms with Crippen molar-refractivity contribution in [1.29, 1.82) is 0 Å². The molecule has 1 aromatic carbocycles. The third kappa shape index (κ3) is 2.46. The Morgan fingerprint density at radius 1 is 1.40 bits per heavy atom. The molecule has 3 nitrogen and oxygen atoms in total. The largest absolute Gasteiger partial charge is 0.329 e. The Morgan fingerprint density at radius 2 is 2.25 bits per heavy atom. The molecule has 1 aliphatic heterocycles. The molecule has 0 fully saturated rings. The van der Waals surface area contributed by atoms with Crippen LogP contribution in [0.3, 0.4) is 0 Å². The summed E-state index contributed by atoms with van der Waals surface area (Å²) in [7, 11) is 0. The van der Waals surface area contributed by atoms with Crippen molar-refractivity contribution in [2.45, 2.75) is 19.0 Å². The number of rotatable bonds is 4. The predicted octanol–water partition coefficient (Wildman–Crippen LogP) is 2.48. The van der Waals surface area contributed by atoms with E-state index in [0.29, 0.717) is 24.2 Å². The standard InChI is InChI=1S/C14H15F2N3S/c15-9-5-10-11(12(16)6-9)8-19(13(10)7-17)3-1-14-18-2-4-20-14/h2,4-6,13H,1,3,7-8,17H2. The molecular weight excluding hydrogens is 280 g/mol. The Hall–Kier alpha value is -1.37. The highest BCUT2D eigenvalue weighted by Crippen LogP contribution is 2.35. The first-order chi connectivity index (χ1) is 9.69. The van der Waals surface area contributed by atoms with Gasteiger partial charge in [-0.3, -0.25) is 4.90 Å². The summed E-state index contributed by atoms with van der Waals surface area (Å²) < 4.78 is 27.2. The zero-order valence-corrected chi connectivity index (χ0v) is 11.7. The summed E-state index contributed by atoms with van der Waals surface area (Å²) >= 11 is 1.60. The predicted molar refractivity (Wildman–Crippen MR) is 74.4 cm³/mol. The second kappa shape index (κ2) is 5.55. The Balaban J connectivity index is 1.79. The zero-order valence-electron chi connectivity index (χ0n) is 10.9. The van der Waals surface area contributed by atoms with E-state index < -0.39 is 11.6 Å². The number of nitrogens with zero attached hydrogens (tertiary/aromatic N) is 2. The van der Waals surface area contributed by atoms with E-state index >= 15 is 0 Å². The van der Waals surface area contributed by atoms with Crippen LogP contribution < -0.4 is 5.73 Å². The minimum atomic E-state index is -0.540. The maximum absolute atomic E-state index is 13.8. The van der Waals surface area contributed by atoms with Gasteiger partial charge in [-0.2, -0.15) is 0 Å². The number of benzene rings is 1. The number of aromatic nitrogens is 1. The molecule has 0 aliphatic carbocycles. The molecule has 0 amide bonds. The van der Waals surface area contributed by atoms with Gasteiger partial charge in [0.15, 0.2) is 0 Å². The Kier molecular flexibility index (Phi) is 3.78. The van der Waals surface area contributed by atoms with Crippen LogP contribution in [0.25, 0.3) is 0 Å². The fourth-order valence-corrected chi connectivity index (χ4v) is 3.33. The molecule has 6 heteroatoms. The van der Waals surface area contributed by atoms with Crippen molar-refractivity contribution in [3.63, 3.8) is 0 Å². The van der Waals surface area contributed by atoms with Gasteiger partial charge in [0.05, 0.1) is 5.01 Å². The number of fused-ring (bicyclic) bond motifs is 1. The molecule has 0 bridgehead atoms. The van der Waals surface area contributed by atoms with Crippen molar-refractivity contribution in [1.82, 2.24) is 9.88 Å². The molecule has 106 valence electrons. The van der Waals surface area contributed by atoms with Crippen molar-refractivity contribution in [2.75, 3.05) is 13.1 Å². The van der Waals surface area contributed by atoms with Gasteiger partial charge in [-0.1, -0.05) is 0 Å². The minimum absolute atomic E-state index is 0.116. The summed E-state index contributed by atoms with van der Waals surface area (Å²) in [4.78, 5) is 6.33. The number of nitrogens with two attached hydrogens (primary N) is 1. The number of hydrogen-bond acceptors (Lipinski definition) is 4. The first-order valence-electron chi connectivity index (χ1n) is 6.49. The van der Waals surface area contributed by atoms with E-state index in [4.69, 9.17) is 5.73 Å². The average molecular weight is 295 g/mol. The molecule has 3 rings (SSSR count). The van der Waals surface area contributed by atoms with E-state index in [0.717, 1.165) is 24.0 Å². The van der Waals surface area contributed by atoms with Crippen LogP contribution in [0.5, 0.6) is 0 Å². The van der Waals surface area contributed by atoms with Crippen molar-refractivity contribution < 1.29 is 8.78 Å². The number of hydrogen-bond donors (Lipinski definition) is 1. The third-order valence-electron chi connectivity index (χ3n) is 3.68. The smallest absolute Gasteiger partial charge is 0.130 e. The lowest BCUT2D eigenvalue weighted by Crippen LogP contribution is -2.29. The molecule has 0 saturated heterocycles. The first-order valence-corrected chi connectivity index (χ1v) is 7.37. The van der Waals surface area contributed by atoms with Crippen molar-refractivity contribution in [3.05, 3.63) is 51.5 Å². The third-order valence-corrected chi connectivity index (χ3v) is 4.51. The molecule has 0 saturated carbocycles. The van der Waals surface area contributed by atoms with Gasteiger partial charge in [0.2, 0.25) is 0 Å². The van der Waals surface area contributed by atoms with E-state index in [2.05, 4.69) is 9.88 Å². The fourth-order valence-electron chi connectivity index (χ4n) is 2.72. The maximum atomic E-state index is 13.8. The van der Waals surface area contributed by atoms with Gasteiger partial charge in [0.25, 0.3) is 0 Å². The highest BCUT2D eigenvalue weighted by atomic mass is 32.1. The Labute approximate surface area is 120 Å². The molecule has 2 heterocycles. The van der Waals surface area contributed by atoms with Crippen LogP contribution >= 0.6 is 11.3 Å². The summed E-state index contributed by atoms with van der Waals surface area (Å²) in [6.45, 7) is 1.58. The molecule has 20 heavy (non-hydrogen) atoms. The summed E-state index contributed by atoms with van der Waals surface area (Å²) in [5.74, 6) is -1.02. The monoisotopic (exact) mass is 295 g/mol. The van der Waals surface area contributed by atoms with Crippen molar-refractivity contribution in [2.24, 2.45) is 5.73 Å². The Morgan fingerprint density at radius 3 is 2.95 bits per heavy atom. The molecule has 0 radical (unpaired) electrons. The van der Waals surface area contributed by atoms with Crippen LogP contribution in [0.2, 0.25) is 0 Å². The first kappa shape index (κ1) is 13.6. The highest BCUT2D eigenvalue weighted by Gasteiger charge is 2.31. The van der Waals surface area contributed by atoms with Gasteiger partial charge in [0, 0.05) is 55.3 Å². The van der Waals surface area contributed by atoms with Crippen molar-refractivity contribution in [3.8, 4) is 0 Å². The summed E-state index contributed by atoms with van der Waals surface area (Å²) in [5, 5.41) is 2.98. The molecule has 1 aromatic heterocycles. The molecule has 2 N–H and O–H groups in total. The van der Waals surface area contributed by atoms with Crippen LogP contribution in [0.4, 0.5) is 8.78 Å².